The maximum absolute atomic E-state index is 12.3. The van der Waals surface area contributed by atoms with Gasteiger partial charge in [0.2, 0.25) is 0 Å². The standard InChI is InChI=1S/C22H24N4O2/c1-15-10-16(2)12-18(11-15)26-21-14-24-19(13-25-21)22(27)23-9-8-17-6-4-5-7-20(17)28-3/h4-7,10-14H,8-9H2,1-3H3,(H,23,27)(H,25,26). The molecule has 0 fully saturated rings. The SMILES string of the molecule is COc1ccccc1CCNC(=O)c1cnc(Nc2cc(C)cc(C)c2)cn1. The van der Waals surface area contributed by atoms with Crippen LogP contribution in [0.4, 0.5) is 11.5 Å². The number of hydrogen-bond acceptors (Lipinski definition) is 5. The molecule has 0 aliphatic rings. The molecule has 0 unspecified atom stereocenters. The monoisotopic (exact) mass is 376 g/mol. The van der Waals surface area contributed by atoms with Gasteiger partial charge in [-0.2, -0.15) is 0 Å². The fraction of sp³-hybridized carbons (Fsp3) is 0.227. The summed E-state index contributed by atoms with van der Waals surface area (Å²) in [6, 6.07) is 13.9. The maximum Gasteiger partial charge on any atom is 0.271 e. The number of aromatic nitrogens is 2. The first-order chi connectivity index (χ1) is 13.5. The van der Waals surface area contributed by atoms with Crippen molar-refractivity contribution < 1.29 is 9.53 Å². The third-order valence-electron chi connectivity index (χ3n) is 4.25. The lowest BCUT2D eigenvalue weighted by Gasteiger charge is -2.10. The molecule has 1 heterocycles. The number of nitrogens with one attached hydrogen (secondary N) is 2. The van der Waals surface area contributed by atoms with Gasteiger partial charge in [0, 0.05) is 12.2 Å². The third-order valence-corrected chi connectivity index (χ3v) is 4.25. The predicted octanol–water partition coefficient (Wildman–Crippen LogP) is 3.82. The highest BCUT2D eigenvalue weighted by Crippen LogP contribution is 2.18. The van der Waals surface area contributed by atoms with Gasteiger partial charge in [0.05, 0.1) is 19.5 Å². The van der Waals surface area contributed by atoms with E-state index in [1.807, 2.05) is 50.2 Å². The Morgan fingerprint density at radius 1 is 1.04 bits per heavy atom. The number of aryl methyl sites for hydroxylation is 2. The molecule has 0 aliphatic carbocycles. The number of ether oxygens (including phenoxy) is 1. The van der Waals surface area contributed by atoms with E-state index in [0.717, 1.165) is 17.0 Å². The number of benzene rings is 2. The molecule has 0 radical (unpaired) electrons. The molecule has 0 atom stereocenters. The molecule has 1 aromatic heterocycles. The van der Waals surface area contributed by atoms with E-state index in [4.69, 9.17) is 4.74 Å². The van der Waals surface area contributed by atoms with E-state index in [1.54, 1.807) is 13.3 Å². The van der Waals surface area contributed by atoms with Gasteiger partial charge in [-0.15, -0.1) is 0 Å². The smallest absolute Gasteiger partial charge is 0.271 e. The average molecular weight is 376 g/mol. The number of anilines is 2. The van der Waals surface area contributed by atoms with E-state index < -0.39 is 0 Å². The van der Waals surface area contributed by atoms with Crippen LogP contribution in [-0.2, 0) is 6.42 Å². The Labute approximate surface area is 165 Å². The van der Waals surface area contributed by atoms with Crippen LogP contribution in [0, 0.1) is 13.8 Å². The van der Waals surface area contributed by atoms with Crippen molar-refractivity contribution in [3.63, 3.8) is 0 Å². The molecule has 6 nitrogen and oxygen atoms in total. The second kappa shape index (κ2) is 8.99. The molecule has 2 N–H and O–H groups in total. The minimum absolute atomic E-state index is 0.250. The molecule has 2 aromatic carbocycles. The first-order valence-electron chi connectivity index (χ1n) is 9.12. The van der Waals surface area contributed by atoms with Gasteiger partial charge in [0.25, 0.3) is 5.91 Å². The molecule has 0 saturated carbocycles. The molecule has 0 aliphatic heterocycles. The highest BCUT2D eigenvalue weighted by molar-refractivity contribution is 5.92. The molecule has 1 amide bonds. The van der Waals surface area contributed by atoms with Crippen LogP contribution in [0.2, 0.25) is 0 Å². The number of hydrogen-bond donors (Lipinski definition) is 2. The van der Waals surface area contributed by atoms with Crippen LogP contribution in [-0.4, -0.2) is 29.5 Å². The summed E-state index contributed by atoms with van der Waals surface area (Å²) < 4.78 is 5.32. The van der Waals surface area contributed by atoms with Gasteiger partial charge in [0.1, 0.15) is 17.3 Å². The van der Waals surface area contributed by atoms with E-state index in [1.165, 1.54) is 17.3 Å². The van der Waals surface area contributed by atoms with Gasteiger partial charge in [-0.05, 0) is 55.2 Å². The van der Waals surface area contributed by atoms with Crippen molar-refractivity contribution in [3.05, 3.63) is 77.2 Å². The summed E-state index contributed by atoms with van der Waals surface area (Å²) in [7, 11) is 1.64. The number of methoxy groups -OCH3 is 1. The zero-order valence-electron chi connectivity index (χ0n) is 16.3. The molecule has 0 saturated heterocycles. The van der Waals surface area contributed by atoms with Crippen molar-refractivity contribution in [2.45, 2.75) is 20.3 Å². The van der Waals surface area contributed by atoms with E-state index in [9.17, 15) is 4.79 Å². The molecular formula is C22H24N4O2. The Bertz CT molecular complexity index is 935. The van der Waals surface area contributed by atoms with Crippen molar-refractivity contribution in [2.75, 3.05) is 19.0 Å². The summed E-state index contributed by atoms with van der Waals surface area (Å²) in [5.74, 6) is 1.16. The van der Waals surface area contributed by atoms with Crippen molar-refractivity contribution in [1.82, 2.24) is 15.3 Å². The minimum atomic E-state index is -0.250. The van der Waals surface area contributed by atoms with Gasteiger partial charge in [-0.1, -0.05) is 24.3 Å². The largest absolute Gasteiger partial charge is 0.496 e. The summed E-state index contributed by atoms with van der Waals surface area (Å²) >= 11 is 0. The lowest BCUT2D eigenvalue weighted by atomic mass is 10.1. The molecule has 0 spiro atoms. The van der Waals surface area contributed by atoms with Crippen molar-refractivity contribution >= 4 is 17.4 Å². The normalized spacial score (nSPS) is 10.4. The van der Waals surface area contributed by atoms with Crippen LogP contribution in [0.25, 0.3) is 0 Å². The molecule has 0 bridgehead atoms. The molecule has 6 heteroatoms. The maximum atomic E-state index is 12.3. The topological polar surface area (TPSA) is 76.1 Å². The van der Waals surface area contributed by atoms with Crippen molar-refractivity contribution in [1.29, 1.82) is 0 Å². The van der Waals surface area contributed by atoms with Crippen LogP contribution in [0.3, 0.4) is 0 Å². The Morgan fingerprint density at radius 2 is 1.79 bits per heavy atom. The van der Waals surface area contributed by atoms with E-state index >= 15 is 0 Å². The van der Waals surface area contributed by atoms with Gasteiger partial charge >= 0.3 is 0 Å². The first-order valence-corrected chi connectivity index (χ1v) is 9.12. The lowest BCUT2D eigenvalue weighted by molar-refractivity contribution is 0.0948. The van der Waals surface area contributed by atoms with Crippen molar-refractivity contribution in [3.8, 4) is 5.75 Å². The molecular weight excluding hydrogens is 352 g/mol. The zero-order chi connectivity index (χ0) is 19.9. The lowest BCUT2D eigenvalue weighted by Crippen LogP contribution is -2.26. The Morgan fingerprint density at radius 3 is 2.46 bits per heavy atom. The Hall–Kier alpha value is -3.41. The van der Waals surface area contributed by atoms with Gasteiger partial charge in [0.15, 0.2) is 0 Å². The van der Waals surface area contributed by atoms with Crippen LogP contribution in [0.15, 0.2) is 54.9 Å². The molecule has 3 aromatic rings. The highest BCUT2D eigenvalue weighted by Gasteiger charge is 2.09. The number of carbonyl (C=O) groups excluding carboxylic acids is 1. The summed E-state index contributed by atoms with van der Waals surface area (Å²) in [4.78, 5) is 20.8. The molecule has 28 heavy (non-hydrogen) atoms. The van der Waals surface area contributed by atoms with Crippen LogP contribution < -0.4 is 15.4 Å². The summed E-state index contributed by atoms with van der Waals surface area (Å²) in [6.07, 6.45) is 3.71. The first kappa shape index (κ1) is 19.4. The number of amides is 1. The van der Waals surface area contributed by atoms with Crippen molar-refractivity contribution in [2.24, 2.45) is 0 Å². The summed E-state index contributed by atoms with van der Waals surface area (Å²) in [6.45, 7) is 4.58. The number of para-hydroxylation sites is 1. The molecule has 144 valence electrons. The van der Waals surface area contributed by atoms with E-state index in [2.05, 4.69) is 26.7 Å². The van der Waals surface area contributed by atoms with E-state index in [-0.39, 0.29) is 11.6 Å². The zero-order valence-corrected chi connectivity index (χ0v) is 16.3. The number of carbonyl (C=O) groups is 1. The summed E-state index contributed by atoms with van der Waals surface area (Å²) in [5.41, 5.74) is 4.61. The Kier molecular flexibility index (Phi) is 6.22. The Balaban J connectivity index is 1.56. The van der Waals surface area contributed by atoms with Gasteiger partial charge < -0.3 is 15.4 Å². The number of rotatable bonds is 7. The fourth-order valence-electron chi connectivity index (χ4n) is 3.02. The summed E-state index contributed by atoms with van der Waals surface area (Å²) in [5, 5.41) is 6.08. The minimum Gasteiger partial charge on any atom is -0.496 e. The van der Waals surface area contributed by atoms with Crippen LogP contribution in [0.1, 0.15) is 27.2 Å². The molecule has 3 rings (SSSR count). The second-order valence-corrected chi connectivity index (χ2v) is 6.61. The number of nitrogens with zero attached hydrogens (tertiary/aromatic N) is 2. The van der Waals surface area contributed by atoms with E-state index in [0.29, 0.717) is 18.8 Å². The third kappa shape index (κ3) is 5.07. The fourth-order valence-corrected chi connectivity index (χ4v) is 3.02. The second-order valence-electron chi connectivity index (χ2n) is 6.61. The van der Waals surface area contributed by atoms with Crippen LogP contribution >= 0.6 is 0 Å². The van der Waals surface area contributed by atoms with Gasteiger partial charge in [-0.25, -0.2) is 9.97 Å². The quantitative estimate of drug-likeness (QED) is 0.656. The predicted molar refractivity (Wildman–Crippen MR) is 110 cm³/mol. The van der Waals surface area contributed by atoms with Gasteiger partial charge in [-0.3, -0.25) is 4.79 Å². The average Bonchev–Trinajstić information content (AvgIpc) is 2.68. The van der Waals surface area contributed by atoms with Crippen LogP contribution in [0.5, 0.6) is 5.75 Å². The highest BCUT2D eigenvalue weighted by atomic mass is 16.5.